The van der Waals surface area contributed by atoms with E-state index in [-0.39, 0.29) is 0 Å². The van der Waals surface area contributed by atoms with Gasteiger partial charge in [0.1, 0.15) is 0 Å². The van der Waals surface area contributed by atoms with Crippen LogP contribution in [-0.4, -0.2) is 7.05 Å². The maximum absolute atomic E-state index is 2.43. The smallest absolute Gasteiger partial charge is 0.0450 e. The van der Waals surface area contributed by atoms with Crippen molar-refractivity contribution < 1.29 is 0 Å². The molecule has 0 radical (unpaired) electrons. The third-order valence-corrected chi connectivity index (χ3v) is 6.29. The molecule has 1 nitrogen and oxygen atoms in total. The van der Waals surface area contributed by atoms with Gasteiger partial charge < -0.3 is 4.90 Å². The summed E-state index contributed by atoms with van der Waals surface area (Å²) in [6.45, 7) is 0. The minimum Gasteiger partial charge on any atom is -0.344 e. The van der Waals surface area contributed by atoms with Crippen molar-refractivity contribution in [2.75, 3.05) is 11.9 Å². The molecule has 28 heavy (non-hydrogen) atoms. The standard InChI is InChI=1S/C27H21N/c1-28(23-14-11-18-5-2-3-6-22(18)17-23)25-16-13-21-10-9-19-7-4-8-20-12-15-24(25)27(21)26(19)20/h2-7,9-14,16-17H,8,15H2,1H3. The van der Waals surface area contributed by atoms with Gasteiger partial charge in [-0.3, -0.25) is 0 Å². The van der Waals surface area contributed by atoms with Gasteiger partial charge in [0.15, 0.2) is 0 Å². The van der Waals surface area contributed by atoms with Gasteiger partial charge >= 0.3 is 0 Å². The Balaban J connectivity index is 1.56. The molecule has 0 atom stereocenters. The van der Waals surface area contributed by atoms with E-state index in [0.717, 1.165) is 12.8 Å². The lowest BCUT2D eigenvalue weighted by molar-refractivity contribution is 1.15. The van der Waals surface area contributed by atoms with E-state index < -0.39 is 0 Å². The quantitative estimate of drug-likeness (QED) is 0.368. The Morgan fingerprint density at radius 1 is 0.786 bits per heavy atom. The van der Waals surface area contributed by atoms with E-state index in [2.05, 4.69) is 96.9 Å². The zero-order valence-electron chi connectivity index (χ0n) is 15.9. The number of hydrogen-bond donors (Lipinski definition) is 0. The van der Waals surface area contributed by atoms with E-state index in [9.17, 15) is 0 Å². The third-order valence-electron chi connectivity index (χ3n) is 6.29. The molecule has 2 aliphatic carbocycles. The summed E-state index contributed by atoms with van der Waals surface area (Å²) in [5.41, 5.74) is 8.28. The molecule has 0 N–H and O–H groups in total. The largest absolute Gasteiger partial charge is 0.344 e. The van der Waals surface area contributed by atoms with Crippen molar-refractivity contribution in [3.05, 3.63) is 95.6 Å². The SMILES string of the molecule is CN(c1ccc2ccccc2c1)c1ccc2ccc3c4c2c1CC=C4CC=C3. The van der Waals surface area contributed by atoms with E-state index >= 15 is 0 Å². The van der Waals surface area contributed by atoms with Gasteiger partial charge in [-0.25, -0.2) is 0 Å². The second-order valence-electron chi connectivity index (χ2n) is 7.82. The molecular formula is C27H21N. The first kappa shape index (κ1) is 15.7. The Labute approximate surface area is 165 Å². The minimum absolute atomic E-state index is 1.00. The molecule has 1 heteroatoms. The number of nitrogens with zero attached hydrogens (tertiary/aromatic N) is 1. The number of hydrogen-bond acceptors (Lipinski definition) is 1. The molecule has 0 aromatic heterocycles. The second kappa shape index (κ2) is 5.84. The summed E-state index contributed by atoms with van der Waals surface area (Å²) in [7, 11) is 2.19. The second-order valence-corrected chi connectivity index (χ2v) is 7.82. The van der Waals surface area contributed by atoms with E-state index in [1.54, 1.807) is 0 Å². The monoisotopic (exact) mass is 359 g/mol. The predicted molar refractivity (Wildman–Crippen MR) is 121 cm³/mol. The molecule has 2 aliphatic rings. The number of benzene rings is 4. The Bertz CT molecular complexity index is 1320. The molecule has 0 bridgehead atoms. The zero-order chi connectivity index (χ0) is 18.7. The molecule has 4 aromatic carbocycles. The molecule has 6 rings (SSSR count). The van der Waals surface area contributed by atoms with Crippen LogP contribution in [0.5, 0.6) is 0 Å². The Kier molecular flexibility index (Phi) is 3.28. The van der Waals surface area contributed by atoms with Crippen molar-refractivity contribution >= 4 is 44.6 Å². The van der Waals surface area contributed by atoms with Crippen molar-refractivity contribution in [3.63, 3.8) is 0 Å². The number of anilines is 2. The van der Waals surface area contributed by atoms with Crippen LogP contribution in [0.4, 0.5) is 11.4 Å². The summed E-state index contributed by atoms with van der Waals surface area (Å²) in [6.07, 6.45) is 9.05. The van der Waals surface area contributed by atoms with Crippen LogP contribution in [0, 0.1) is 0 Å². The van der Waals surface area contributed by atoms with Crippen molar-refractivity contribution in [1.29, 1.82) is 0 Å². The maximum atomic E-state index is 2.43. The summed E-state index contributed by atoms with van der Waals surface area (Å²) < 4.78 is 0. The molecule has 0 saturated heterocycles. The predicted octanol–water partition coefficient (Wildman–Crippen LogP) is 7.12. The fraction of sp³-hybridized carbons (Fsp3) is 0.111. The average Bonchev–Trinajstić information content (AvgIpc) is 2.76. The fourth-order valence-corrected chi connectivity index (χ4v) is 4.85. The van der Waals surface area contributed by atoms with Crippen LogP contribution in [0.2, 0.25) is 0 Å². The Morgan fingerprint density at radius 3 is 2.54 bits per heavy atom. The van der Waals surface area contributed by atoms with E-state index in [1.165, 1.54) is 55.2 Å². The molecule has 0 heterocycles. The average molecular weight is 359 g/mol. The highest BCUT2D eigenvalue weighted by Gasteiger charge is 2.22. The van der Waals surface area contributed by atoms with E-state index in [1.807, 2.05) is 0 Å². The van der Waals surface area contributed by atoms with Gasteiger partial charge in [0.2, 0.25) is 0 Å². The van der Waals surface area contributed by atoms with Crippen LogP contribution < -0.4 is 4.90 Å². The third kappa shape index (κ3) is 2.20. The summed E-state index contributed by atoms with van der Waals surface area (Å²) in [5, 5.41) is 5.37. The molecule has 0 aliphatic heterocycles. The minimum atomic E-state index is 1.00. The van der Waals surface area contributed by atoms with Crippen LogP contribution >= 0.6 is 0 Å². The normalized spacial score (nSPS) is 14.4. The lowest BCUT2D eigenvalue weighted by atomic mass is 9.81. The summed E-state index contributed by atoms with van der Waals surface area (Å²) in [4.78, 5) is 2.35. The van der Waals surface area contributed by atoms with Gasteiger partial charge in [-0.2, -0.15) is 0 Å². The molecular weight excluding hydrogens is 338 g/mol. The first-order chi connectivity index (χ1) is 13.8. The number of allylic oxidation sites excluding steroid dienone is 3. The summed E-state index contributed by atoms with van der Waals surface area (Å²) >= 11 is 0. The van der Waals surface area contributed by atoms with Crippen LogP contribution in [0.25, 0.3) is 33.2 Å². The van der Waals surface area contributed by atoms with Crippen molar-refractivity contribution in [2.45, 2.75) is 12.8 Å². The maximum Gasteiger partial charge on any atom is 0.0450 e. The Morgan fingerprint density at radius 2 is 1.61 bits per heavy atom. The van der Waals surface area contributed by atoms with Crippen molar-refractivity contribution in [2.24, 2.45) is 0 Å². The lowest BCUT2D eigenvalue weighted by Crippen LogP contribution is -2.14. The lowest BCUT2D eigenvalue weighted by Gasteiger charge is -2.29. The zero-order valence-corrected chi connectivity index (χ0v) is 15.9. The van der Waals surface area contributed by atoms with Gasteiger partial charge in [0.05, 0.1) is 0 Å². The van der Waals surface area contributed by atoms with Gasteiger partial charge in [0.25, 0.3) is 0 Å². The van der Waals surface area contributed by atoms with Crippen LogP contribution in [0.3, 0.4) is 0 Å². The first-order valence-electron chi connectivity index (χ1n) is 9.97. The van der Waals surface area contributed by atoms with E-state index in [0.29, 0.717) is 0 Å². The van der Waals surface area contributed by atoms with E-state index in [4.69, 9.17) is 0 Å². The number of rotatable bonds is 2. The van der Waals surface area contributed by atoms with Gasteiger partial charge in [-0.15, -0.1) is 0 Å². The molecule has 0 saturated carbocycles. The van der Waals surface area contributed by atoms with Crippen LogP contribution in [0.1, 0.15) is 23.1 Å². The fourth-order valence-electron chi connectivity index (χ4n) is 4.85. The first-order valence-corrected chi connectivity index (χ1v) is 9.97. The van der Waals surface area contributed by atoms with Crippen LogP contribution in [-0.2, 0) is 6.42 Å². The number of fused-ring (bicyclic) bond motifs is 1. The highest BCUT2D eigenvalue weighted by Crippen LogP contribution is 2.44. The topological polar surface area (TPSA) is 3.24 Å². The highest BCUT2D eigenvalue weighted by molar-refractivity contribution is 6.05. The van der Waals surface area contributed by atoms with Gasteiger partial charge in [-0.05, 0) is 74.8 Å². The molecule has 0 spiro atoms. The van der Waals surface area contributed by atoms with Crippen LogP contribution in [0.15, 0.2) is 78.9 Å². The molecule has 0 fully saturated rings. The van der Waals surface area contributed by atoms with Crippen molar-refractivity contribution in [1.82, 2.24) is 0 Å². The molecule has 134 valence electrons. The summed E-state index contributed by atoms with van der Waals surface area (Å²) in [5.74, 6) is 0. The van der Waals surface area contributed by atoms with Gasteiger partial charge in [-0.1, -0.05) is 66.8 Å². The van der Waals surface area contributed by atoms with Crippen molar-refractivity contribution in [3.8, 4) is 0 Å². The summed E-state index contributed by atoms with van der Waals surface area (Å²) in [6, 6.07) is 24.4. The molecule has 0 unspecified atom stereocenters. The Hall–Kier alpha value is -3.32. The highest BCUT2D eigenvalue weighted by atomic mass is 15.1. The molecule has 4 aromatic rings. The molecule has 0 amide bonds. The van der Waals surface area contributed by atoms with Gasteiger partial charge in [0, 0.05) is 18.4 Å².